The van der Waals surface area contributed by atoms with Crippen LogP contribution in [0.3, 0.4) is 0 Å². The van der Waals surface area contributed by atoms with Gasteiger partial charge in [0.05, 0.1) is 0 Å². The first-order chi connectivity index (χ1) is 13.0. The van der Waals surface area contributed by atoms with Crippen molar-refractivity contribution in [3.63, 3.8) is 0 Å². The van der Waals surface area contributed by atoms with Crippen LogP contribution < -0.4 is 0 Å². The van der Waals surface area contributed by atoms with Crippen LogP contribution in [0, 0.1) is 5.41 Å². The van der Waals surface area contributed by atoms with E-state index in [-0.39, 0.29) is 5.41 Å². The highest BCUT2D eigenvalue weighted by molar-refractivity contribution is 5.83. The summed E-state index contributed by atoms with van der Waals surface area (Å²) in [7, 11) is 0. The normalized spacial score (nSPS) is 11.9. The predicted molar refractivity (Wildman–Crippen MR) is 122 cm³/mol. The van der Waals surface area contributed by atoms with Crippen molar-refractivity contribution >= 4 is 5.78 Å². The van der Waals surface area contributed by atoms with Crippen LogP contribution >= 0.6 is 0 Å². The maximum absolute atomic E-state index is 11.8. The molecule has 1 heteroatoms. The second-order valence-electron chi connectivity index (χ2n) is 9.79. The van der Waals surface area contributed by atoms with Gasteiger partial charge in [0, 0.05) is 11.8 Å². The van der Waals surface area contributed by atoms with Gasteiger partial charge in [0.15, 0.2) is 0 Å². The van der Waals surface area contributed by atoms with Crippen LogP contribution in [0.4, 0.5) is 0 Å². The van der Waals surface area contributed by atoms with Crippen LogP contribution in [-0.2, 0) is 4.79 Å². The maximum Gasteiger partial charge on any atom is 0.138 e. The second kappa shape index (κ2) is 19.0. The lowest BCUT2D eigenvalue weighted by atomic mass is 9.88. The number of ketones is 1. The average molecular weight is 381 g/mol. The molecule has 0 heterocycles. The van der Waals surface area contributed by atoms with Crippen molar-refractivity contribution in [2.75, 3.05) is 0 Å². The Morgan fingerprint density at radius 3 is 1.00 bits per heavy atom. The minimum absolute atomic E-state index is 0.145. The fraction of sp³-hybridized carbons (Fsp3) is 0.962. The van der Waals surface area contributed by atoms with Gasteiger partial charge in [-0.05, 0) is 6.42 Å². The summed E-state index contributed by atoms with van der Waals surface area (Å²) in [6.45, 7) is 8.39. The molecular weight excluding hydrogens is 328 g/mol. The molecule has 0 radical (unpaired) electrons. The number of carbonyl (C=O) groups excluding carboxylic acids is 1. The molecule has 0 atom stereocenters. The van der Waals surface area contributed by atoms with Crippen molar-refractivity contribution in [2.45, 2.75) is 156 Å². The lowest BCUT2D eigenvalue weighted by molar-refractivity contribution is -0.126. The van der Waals surface area contributed by atoms with Gasteiger partial charge in [0.2, 0.25) is 0 Å². The van der Waals surface area contributed by atoms with Crippen molar-refractivity contribution in [1.82, 2.24) is 0 Å². The Morgan fingerprint density at radius 1 is 0.481 bits per heavy atom. The van der Waals surface area contributed by atoms with Crippen molar-refractivity contribution < 1.29 is 4.79 Å². The third-order valence-corrected chi connectivity index (χ3v) is 5.84. The van der Waals surface area contributed by atoms with Crippen LogP contribution in [0.5, 0.6) is 0 Å². The Balaban J connectivity index is 3.10. The van der Waals surface area contributed by atoms with E-state index in [1.807, 2.05) is 20.8 Å². The molecule has 0 rings (SSSR count). The van der Waals surface area contributed by atoms with Crippen molar-refractivity contribution in [3.05, 3.63) is 0 Å². The minimum Gasteiger partial charge on any atom is -0.299 e. The molecule has 0 aliphatic rings. The molecular formula is C26H52O. The molecule has 162 valence electrons. The van der Waals surface area contributed by atoms with Gasteiger partial charge < -0.3 is 0 Å². The molecule has 0 aromatic carbocycles. The summed E-state index contributed by atoms with van der Waals surface area (Å²) >= 11 is 0. The summed E-state index contributed by atoms with van der Waals surface area (Å²) in [5.74, 6) is 0.425. The van der Waals surface area contributed by atoms with Gasteiger partial charge in [-0.25, -0.2) is 0 Å². The van der Waals surface area contributed by atoms with Gasteiger partial charge in [-0.2, -0.15) is 0 Å². The molecule has 0 saturated heterocycles. The minimum atomic E-state index is -0.145. The zero-order chi connectivity index (χ0) is 20.2. The van der Waals surface area contributed by atoms with Gasteiger partial charge in [-0.15, -0.1) is 0 Å². The van der Waals surface area contributed by atoms with Crippen LogP contribution in [0.15, 0.2) is 0 Å². The molecule has 0 aliphatic heterocycles. The fourth-order valence-corrected chi connectivity index (χ4v) is 3.74. The molecule has 0 unspecified atom stereocenters. The highest BCUT2D eigenvalue weighted by atomic mass is 16.1. The zero-order valence-electron chi connectivity index (χ0n) is 19.6. The lowest BCUT2D eigenvalue weighted by Gasteiger charge is -2.16. The van der Waals surface area contributed by atoms with Gasteiger partial charge >= 0.3 is 0 Å². The van der Waals surface area contributed by atoms with Gasteiger partial charge in [-0.1, -0.05) is 143 Å². The van der Waals surface area contributed by atoms with Crippen LogP contribution in [-0.4, -0.2) is 5.78 Å². The molecule has 0 N–H and O–H groups in total. The quantitative estimate of drug-likeness (QED) is 0.192. The van der Waals surface area contributed by atoms with Crippen LogP contribution in [0.1, 0.15) is 156 Å². The van der Waals surface area contributed by atoms with E-state index in [9.17, 15) is 4.79 Å². The Morgan fingerprint density at radius 2 is 0.741 bits per heavy atom. The van der Waals surface area contributed by atoms with Gasteiger partial charge in [0.1, 0.15) is 5.78 Å². The number of unbranched alkanes of at least 4 members (excludes halogenated alkanes) is 18. The monoisotopic (exact) mass is 380 g/mol. The van der Waals surface area contributed by atoms with E-state index in [0.717, 1.165) is 12.8 Å². The van der Waals surface area contributed by atoms with E-state index in [0.29, 0.717) is 5.78 Å². The highest BCUT2D eigenvalue weighted by Gasteiger charge is 2.19. The first kappa shape index (κ1) is 26.7. The third kappa shape index (κ3) is 20.2. The smallest absolute Gasteiger partial charge is 0.138 e. The molecule has 0 bridgehead atoms. The third-order valence-electron chi connectivity index (χ3n) is 5.84. The van der Waals surface area contributed by atoms with E-state index >= 15 is 0 Å². The summed E-state index contributed by atoms with van der Waals surface area (Å²) in [5, 5.41) is 0. The Hall–Kier alpha value is -0.330. The molecule has 0 aliphatic carbocycles. The molecule has 0 saturated carbocycles. The first-order valence-electron chi connectivity index (χ1n) is 12.5. The van der Waals surface area contributed by atoms with E-state index in [1.165, 1.54) is 116 Å². The van der Waals surface area contributed by atoms with Crippen molar-refractivity contribution in [3.8, 4) is 0 Å². The largest absolute Gasteiger partial charge is 0.299 e. The summed E-state index contributed by atoms with van der Waals surface area (Å²) in [6.07, 6.45) is 27.4. The van der Waals surface area contributed by atoms with E-state index in [2.05, 4.69) is 6.92 Å². The van der Waals surface area contributed by atoms with Gasteiger partial charge in [0.25, 0.3) is 0 Å². The summed E-state index contributed by atoms with van der Waals surface area (Å²) in [6, 6.07) is 0. The first-order valence-corrected chi connectivity index (χ1v) is 12.5. The van der Waals surface area contributed by atoms with Crippen LogP contribution in [0.2, 0.25) is 0 Å². The van der Waals surface area contributed by atoms with Crippen molar-refractivity contribution in [2.24, 2.45) is 5.41 Å². The zero-order valence-corrected chi connectivity index (χ0v) is 19.6. The maximum atomic E-state index is 11.8. The number of Topliss-reactive ketones (excluding diaryl/α,β-unsaturated/α-hetero) is 1. The molecule has 0 fully saturated rings. The lowest BCUT2D eigenvalue weighted by Crippen LogP contribution is -2.19. The summed E-state index contributed by atoms with van der Waals surface area (Å²) in [5.41, 5.74) is -0.145. The molecule has 0 aromatic heterocycles. The SMILES string of the molecule is CCCCCCCCCCCCCCCCCCCCCC(=O)C(C)(C)C. The average Bonchev–Trinajstić information content (AvgIpc) is 2.62. The van der Waals surface area contributed by atoms with Crippen LogP contribution in [0.25, 0.3) is 0 Å². The molecule has 0 amide bonds. The Kier molecular flexibility index (Phi) is 18.8. The molecule has 27 heavy (non-hydrogen) atoms. The summed E-state index contributed by atoms with van der Waals surface area (Å²) in [4.78, 5) is 11.8. The predicted octanol–water partition coefficient (Wildman–Crippen LogP) is 9.42. The molecule has 1 nitrogen and oxygen atoms in total. The number of hydrogen-bond donors (Lipinski definition) is 0. The molecule has 0 spiro atoms. The Labute approximate surface area is 172 Å². The van der Waals surface area contributed by atoms with Crippen molar-refractivity contribution in [1.29, 1.82) is 0 Å². The van der Waals surface area contributed by atoms with E-state index < -0.39 is 0 Å². The number of carbonyl (C=O) groups is 1. The molecule has 0 aromatic rings. The number of rotatable bonds is 20. The standard InChI is InChI=1S/C26H52O/c1-5-6-7-8-9-10-11-12-13-14-15-16-17-18-19-20-21-22-23-24-25(27)26(2,3)4/h5-24H2,1-4H3. The Bertz CT molecular complexity index is 313. The fourth-order valence-electron chi connectivity index (χ4n) is 3.74. The number of hydrogen-bond acceptors (Lipinski definition) is 1. The summed E-state index contributed by atoms with van der Waals surface area (Å²) < 4.78 is 0. The second-order valence-corrected chi connectivity index (χ2v) is 9.79. The van der Waals surface area contributed by atoms with E-state index in [1.54, 1.807) is 0 Å². The van der Waals surface area contributed by atoms with Gasteiger partial charge in [-0.3, -0.25) is 4.79 Å². The topological polar surface area (TPSA) is 17.1 Å². The highest BCUT2D eigenvalue weighted by Crippen LogP contribution is 2.19. The van der Waals surface area contributed by atoms with E-state index in [4.69, 9.17) is 0 Å².